The molecule has 6 rings (SSSR count). The van der Waals surface area contributed by atoms with Crippen molar-refractivity contribution in [3.63, 3.8) is 0 Å². The summed E-state index contributed by atoms with van der Waals surface area (Å²) < 4.78 is 5.38. The van der Waals surface area contributed by atoms with Crippen LogP contribution in [0.3, 0.4) is 0 Å². The average molecular weight is 533 g/mol. The predicted octanol–water partition coefficient (Wildman–Crippen LogP) is 7.37. The minimum atomic E-state index is -0.232. The second kappa shape index (κ2) is 10.4. The molecule has 0 radical (unpaired) electrons. The van der Waals surface area contributed by atoms with E-state index in [0.717, 1.165) is 50.5 Å². The van der Waals surface area contributed by atoms with E-state index in [1.54, 1.807) is 7.11 Å². The van der Waals surface area contributed by atoms with Crippen LogP contribution in [0, 0.1) is 0 Å². The van der Waals surface area contributed by atoms with Gasteiger partial charge in [-0.1, -0.05) is 60.7 Å². The number of carbonyl (C=O) groups excluding carboxylic acids is 1. The molecule has 0 aliphatic carbocycles. The number of ether oxygens (including phenoxy) is 1. The topological polar surface area (TPSA) is 57.5 Å². The largest absolute Gasteiger partial charge is 0.497 e. The lowest BCUT2D eigenvalue weighted by Crippen LogP contribution is -2.26. The molecule has 2 heterocycles. The van der Waals surface area contributed by atoms with Crippen LogP contribution < -0.4 is 9.64 Å². The van der Waals surface area contributed by atoms with Crippen molar-refractivity contribution >= 4 is 51.1 Å². The Morgan fingerprint density at radius 1 is 0.949 bits per heavy atom. The Morgan fingerprint density at radius 3 is 2.41 bits per heavy atom. The molecule has 1 atom stereocenters. The average Bonchev–Trinajstić information content (AvgIpc) is 3.56. The van der Waals surface area contributed by atoms with Crippen LogP contribution in [0.4, 0.5) is 10.5 Å². The molecule has 0 saturated carbocycles. The number of aliphatic imine (C=N–C) groups is 1. The zero-order valence-electron chi connectivity index (χ0n) is 22.0. The third-order valence-electron chi connectivity index (χ3n) is 7.03. The number of hydrogen-bond acceptors (Lipinski definition) is 6. The standard InChI is InChI=1S/C32H28N4O2S/c1-35(2)26-14-8-21(9-15-26)18-30-31(33-32(37)39-30)36-29(23-12-16-27(38-3)17-13-23)20-28(34-36)25-11-10-22-6-4-5-7-24(22)19-25/h4-19,29H,20H2,1-3H3/b30-18-/t29-/m1/s1. The zero-order chi connectivity index (χ0) is 26.9. The van der Waals surface area contributed by atoms with Crippen molar-refractivity contribution < 1.29 is 9.53 Å². The van der Waals surface area contributed by atoms with Gasteiger partial charge in [-0.3, -0.25) is 4.79 Å². The number of amidine groups is 1. The second-order valence-electron chi connectivity index (χ2n) is 9.74. The summed E-state index contributed by atoms with van der Waals surface area (Å²) in [6.07, 6.45) is 2.70. The van der Waals surface area contributed by atoms with E-state index in [2.05, 4.69) is 76.6 Å². The van der Waals surface area contributed by atoms with Gasteiger partial charge in [0.2, 0.25) is 0 Å². The van der Waals surface area contributed by atoms with E-state index in [4.69, 9.17) is 9.84 Å². The molecular weight excluding hydrogens is 504 g/mol. The molecule has 4 aromatic rings. The summed E-state index contributed by atoms with van der Waals surface area (Å²) in [5.74, 6) is 1.38. The Morgan fingerprint density at radius 2 is 1.69 bits per heavy atom. The maximum absolute atomic E-state index is 12.6. The van der Waals surface area contributed by atoms with Crippen LogP contribution in [0.25, 0.3) is 16.8 Å². The number of carbonyl (C=O) groups is 1. The van der Waals surface area contributed by atoms with Crippen LogP contribution in [-0.2, 0) is 0 Å². The van der Waals surface area contributed by atoms with E-state index >= 15 is 0 Å². The molecule has 39 heavy (non-hydrogen) atoms. The lowest BCUT2D eigenvalue weighted by atomic mass is 9.97. The fourth-order valence-electron chi connectivity index (χ4n) is 4.92. The summed E-state index contributed by atoms with van der Waals surface area (Å²) in [7, 11) is 5.69. The normalized spacial score (nSPS) is 18.0. The molecule has 2 aliphatic rings. The van der Waals surface area contributed by atoms with Gasteiger partial charge in [0.15, 0.2) is 5.84 Å². The van der Waals surface area contributed by atoms with Crippen LogP contribution in [0.15, 0.2) is 106 Å². The molecule has 2 aliphatic heterocycles. The lowest BCUT2D eigenvalue weighted by Gasteiger charge is -2.24. The first kappa shape index (κ1) is 24.9. The van der Waals surface area contributed by atoms with Crippen molar-refractivity contribution in [3.8, 4) is 5.75 Å². The van der Waals surface area contributed by atoms with Gasteiger partial charge in [0.05, 0.1) is 23.8 Å². The zero-order valence-corrected chi connectivity index (χ0v) is 22.9. The first-order valence-corrected chi connectivity index (χ1v) is 13.6. The Kier molecular flexibility index (Phi) is 6.67. The highest BCUT2D eigenvalue weighted by Gasteiger charge is 2.37. The molecule has 0 saturated heterocycles. The van der Waals surface area contributed by atoms with Gasteiger partial charge in [-0.05, 0) is 75.6 Å². The summed E-state index contributed by atoms with van der Waals surface area (Å²) >= 11 is 1.15. The molecule has 7 heteroatoms. The van der Waals surface area contributed by atoms with Gasteiger partial charge in [-0.25, -0.2) is 5.01 Å². The number of rotatable bonds is 5. The molecule has 0 fully saturated rings. The summed E-state index contributed by atoms with van der Waals surface area (Å²) in [6, 6.07) is 30.9. The highest BCUT2D eigenvalue weighted by atomic mass is 32.2. The second-order valence-corrected chi connectivity index (χ2v) is 10.7. The minimum Gasteiger partial charge on any atom is -0.497 e. The van der Waals surface area contributed by atoms with Gasteiger partial charge >= 0.3 is 5.24 Å². The number of hydrazone groups is 1. The number of fused-ring (bicyclic) bond motifs is 1. The summed E-state index contributed by atoms with van der Waals surface area (Å²) in [6.45, 7) is 0. The molecular formula is C32H28N4O2S. The smallest absolute Gasteiger partial charge is 0.311 e. The maximum atomic E-state index is 12.6. The minimum absolute atomic E-state index is 0.109. The lowest BCUT2D eigenvalue weighted by molar-refractivity contribution is 0.267. The van der Waals surface area contributed by atoms with E-state index in [-0.39, 0.29) is 11.3 Å². The highest BCUT2D eigenvalue weighted by Crippen LogP contribution is 2.40. The summed E-state index contributed by atoms with van der Waals surface area (Å²) in [5.41, 5.74) is 5.23. The molecule has 0 bridgehead atoms. The van der Waals surface area contributed by atoms with Gasteiger partial charge in [0, 0.05) is 26.2 Å². The first-order chi connectivity index (χ1) is 19.0. The third kappa shape index (κ3) is 5.05. The van der Waals surface area contributed by atoms with Gasteiger partial charge in [0.1, 0.15) is 5.75 Å². The molecule has 194 valence electrons. The number of thioether (sulfide) groups is 1. The van der Waals surface area contributed by atoms with Crippen LogP contribution >= 0.6 is 11.8 Å². The number of hydrogen-bond donors (Lipinski definition) is 0. The monoisotopic (exact) mass is 532 g/mol. The van der Waals surface area contributed by atoms with E-state index < -0.39 is 0 Å². The summed E-state index contributed by atoms with van der Waals surface area (Å²) in [4.78, 5) is 19.9. The Hall–Kier alpha value is -4.36. The van der Waals surface area contributed by atoms with Crippen LogP contribution in [0.5, 0.6) is 5.75 Å². The van der Waals surface area contributed by atoms with Crippen molar-refractivity contribution in [1.82, 2.24) is 5.01 Å². The van der Waals surface area contributed by atoms with Crippen LogP contribution in [-0.4, -0.2) is 43.0 Å². The van der Waals surface area contributed by atoms with Crippen molar-refractivity contribution in [2.75, 3.05) is 26.1 Å². The number of amides is 1. The maximum Gasteiger partial charge on any atom is 0.311 e. The van der Waals surface area contributed by atoms with E-state index in [0.29, 0.717) is 12.3 Å². The SMILES string of the molecule is COc1ccc([C@H]2CC(c3ccc4ccccc4c3)=NN2C2=NC(=O)S/C2=C\c2ccc(N(C)C)cc2)cc1. The number of benzene rings is 4. The molecule has 1 amide bonds. The van der Waals surface area contributed by atoms with Gasteiger partial charge in [-0.2, -0.15) is 10.1 Å². The summed E-state index contributed by atoms with van der Waals surface area (Å²) in [5, 5.41) is 9.13. The van der Waals surface area contributed by atoms with Crippen molar-refractivity contribution in [3.05, 3.63) is 113 Å². The van der Waals surface area contributed by atoms with E-state index in [9.17, 15) is 4.79 Å². The van der Waals surface area contributed by atoms with E-state index in [1.165, 1.54) is 10.8 Å². The molecule has 0 unspecified atom stereocenters. The number of nitrogens with zero attached hydrogens (tertiary/aromatic N) is 4. The quantitative estimate of drug-likeness (QED) is 0.269. The molecule has 6 nitrogen and oxygen atoms in total. The van der Waals surface area contributed by atoms with Crippen molar-refractivity contribution in [2.45, 2.75) is 12.5 Å². The highest BCUT2D eigenvalue weighted by molar-refractivity contribution is 8.18. The van der Waals surface area contributed by atoms with Crippen LogP contribution in [0.1, 0.15) is 29.2 Å². The molecule has 0 spiro atoms. The van der Waals surface area contributed by atoms with E-state index in [1.807, 2.05) is 49.4 Å². The Labute approximate surface area is 232 Å². The molecule has 4 aromatic carbocycles. The Bertz CT molecular complexity index is 1640. The molecule has 0 aromatic heterocycles. The molecule has 0 N–H and O–H groups in total. The fraction of sp³-hybridized carbons (Fsp3) is 0.156. The van der Waals surface area contributed by atoms with Gasteiger partial charge < -0.3 is 9.64 Å². The first-order valence-electron chi connectivity index (χ1n) is 12.8. The fourth-order valence-corrected chi connectivity index (χ4v) is 5.66. The Balaban J connectivity index is 1.40. The van der Waals surface area contributed by atoms with Crippen molar-refractivity contribution in [2.24, 2.45) is 10.1 Å². The van der Waals surface area contributed by atoms with Gasteiger partial charge in [-0.15, -0.1) is 0 Å². The van der Waals surface area contributed by atoms with Gasteiger partial charge in [0.25, 0.3) is 0 Å². The van der Waals surface area contributed by atoms with Crippen LogP contribution in [0.2, 0.25) is 0 Å². The number of anilines is 1. The van der Waals surface area contributed by atoms with Crippen molar-refractivity contribution in [1.29, 1.82) is 0 Å². The number of methoxy groups -OCH3 is 1. The predicted molar refractivity (Wildman–Crippen MR) is 162 cm³/mol. The third-order valence-corrected chi connectivity index (χ3v) is 7.82.